The molecule has 0 aliphatic carbocycles. The number of aryl methyl sites for hydroxylation is 1. The van der Waals surface area contributed by atoms with Crippen molar-refractivity contribution in [3.05, 3.63) is 35.4 Å². The molecule has 2 N–H and O–H groups in total. The average molecular weight is 214 g/mol. The Labute approximate surface area is 84.5 Å². The van der Waals surface area contributed by atoms with Gasteiger partial charge in [-0.05, 0) is 12.5 Å². The van der Waals surface area contributed by atoms with E-state index in [2.05, 4.69) is 9.44 Å². The molecule has 1 aromatic carbocycles. The SMILES string of the molecule is CNS(=O)(=O)NCc1ccc(C)cc1. The van der Waals surface area contributed by atoms with Crippen molar-refractivity contribution in [1.82, 2.24) is 9.44 Å². The minimum atomic E-state index is -3.33. The van der Waals surface area contributed by atoms with Crippen LogP contribution >= 0.6 is 0 Å². The smallest absolute Gasteiger partial charge is 0.205 e. The highest BCUT2D eigenvalue weighted by Crippen LogP contribution is 2.02. The zero-order valence-electron chi connectivity index (χ0n) is 8.24. The summed E-state index contributed by atoms with van der Waals surface area (Å²) in [7, 11) is -1.96. The van der Waals surface area contributed by atoms with Gasteiger partial charge in [0.05, 0.1) is 0 Å². The highest BCUT2D eigenvalue weighted by molar-refractivity contribution is 7.87. The van der Waals surface area contributed by atoms with E-state index < -0.39 is 10.2 Å². The minimum Gasteiger partial charge on any atom is -0.205 e. The molecule has 0 heterocycles. The molecule has 0 spiro atoms. The molecule has 0 unspecified atom stereocenters. The van der Waals surface area contributed by atoms with Gasteiger partial charge in [-0.2, -0.15) is 13.1 Å². The second kappa shape index (κ2) is 4.54. The van der Waals surface area contributed by atoms with E-state index in [0.29, 0.717) is 6.54 Å². The molecule has 0 atom stereocenters. The quantitative estimate of drug-likeness (QED) is 0.769. The molecule has 14 heavy (non-hydrogen) atoms. The van der Waals surface area contributed by atoms with Gasteiger partial charge in [-0.3, -0.25) is 0 Å². The van der Waals surface area contributed by atoms with Crippen LogP contribution in [0, 0.1) is 6.92 Å². The first-order valence-electron chi connectivity index (χ1n) is 4.27. The summed E-state index contributed by atoms with van der Waals surface area (Å²) in [6, 6.07) is 7.69. The molecule has 78 valence electrons. The van der Waals surface area contributed by atoms with Crippen LogP contribution in [0.15, 0.2) is 24.3 Å². The van der Waals surface area contributed by atoms with E-state index in [-0.39, 0.29) is 0 Å². The second-order valence-corrected chi connectivity index (χ2v) is 4.72. The van der Waals surface area contributed by atoms with Crippen molar-refractivity contribution in [1.29, 1.82) is 0 Å². The van der Waals surface area contributed by atoms with Crippen molar-refractivity contribution in [3.63, 3.8) is 0 Å². The van der Waals surface area contributed by atoms with Crippen LogP contribution in [-0.2, 0) is 16.8 Å². The van der Waals surface area contributed by atoms with E-state index in [1.54, 1.807) is 0 Å². The molecule has 0 aromatic heterocycles. The highest BCUT2D eigenvalue weighted by Gasteiger charge is 2.04. The molecule has 0 fully saturated rings. The van der Waals surface area contributed by atoms with Gasteiger partial charge in [-0.25, -0.2) is 4.72 Å². The van der Waals surface area contributed by atoms with Gasteiger partial charge in [-0.1, -0.05) is 29.8 Å². The van der Waals surface area contributed by atoms with E-state index >= 15 is 0 Å². The first kappa shape index (κ1) is 11.2. The summed E-state index contributed by atoms with van der Waals surface area (Å²) in [4.78, 5) is 0. The Kier molecular flexibility index (Phi) is 3.62. The Hall–Kier alpha value is -0.910. The van der Waals surface area contributed by atoms with Crippen LogP contribution in [-0.4, -0.2) is 15.5 Å². The second-order valence-electron chi connectivity index (χ2n) is 3.01. The van der Waals surface area contributed by atoms with Gasteiger partial charge in [-0.15, -0.1) is 0 Å². The molecule has 0 bridgehead atoms. The fourth-order valence-electron chi connectivity index (χ4n) is 0.956. The molecule has 0 saturated carbocycles. The predicted molar refractivity (Wildman–Crippen MR) is 56.0 cm³/mol. The molecule has 5 heteroatoms. The highest BCUT2D eigenvalue weighted by atomic mass is 32.2. The van der Waals surface area contributed by atoms with E-state index in [4.69, 9.17) is 0 Å². The molecular formula is C9H14N2O2S. The Morgan fingerprint density at radius 1 is 1.21 bits per heavy atom. The van der Waals surface area contributed by atoms with Crippen LogP contribution in [0.25, 0.3) is 0 Å². The minimum absolute atomic E-state index is 0.309. The van der Waals surface area contributed by atoms with Crippen molar-refractivity contribution >= 4 is 10.2 Å². The number of hydrogen-bond donors (Lipinski definition) is 2. The molecule has 0 aliphatic heterocycles. The standard InChI is InChI=1S/C9H14N2O2S/c1-8-3-5-9(6-4-8)7-11-14(12,13)10-2/h3-6,10-11H,7H2,1-2H3. The van der Waals surface area contributed by atoms with E-state index in [9.17, 15) is 8.42 Å². The largest absolute Gasteiger partial charge is 0.276 e. The van der Waals surface area contributed by atoms with Crippen LogP contribution < -0.4 is 9.44 Å². The van der Waals surface area contributed by atoms with Crippen molar-refractivity contribution < 1.29 is 8.42 Å². The van der Waals surface area contributed by atoms with Crippen LogP contribution in [0.2, 0.25) is 0 Å². The predicted octanol–water partition coefficient (Wildman–Crippen LogP) is 0.549. The summed E-state index contributed by atoms with van der Waals surface area (Å²) in [5.41, 5.74) is 2.10. The van der Waals surface area contributed by atoms with Gasteiger partial charge >= 0.3 is 0 Å². The lowest BCUT2D eigenvalue weighted by Gasteiger charge is -2.04. The van der Waals surface area contributed by atoms with Gasteiger partial charge in [0.15, 0.2) is 0 Å². The average Bonchev–Trinajstić information content (AvgIpc) is 2.17. The first-order chi connectivity index (χ1) is 6.53. The zero-order valence-corrected chi connectivity index (χ0v) is 9.06. The third kappa shape index (κ3) is 3.45. The number of benzene rings is 1. The summed E-state index contributed by atoms with van der Waals surface area (Å²) >= 11 is 0. The monoisotopic (exact) mass is 214 g/mol. The Bertz CT molecular complexity index is 384. The van der Waals surface area contributed by atoms with Gasteiger partial charge < -0.3 is 0 Å². The van der Waals surface area contributed by atoms with Gasteiger partial charge in [0.25, 0.3) is 10.2 Å². The number of rotatable bonds is 4. The summed E-state index contributed by atoms with van der Waals surface area (Å²) in [6.45, 7) is 2.30. The first-order valence-corrected chi connectivity index (χ1v) is 5.75. The fraction of sp³-hybridized carbons (Fsp3) is 0.333. The molecule has 1 aromatic rings. The summed E-state index contributed by atoms with van der Waals surface area (Å²) in [5.74, 6) is 0. The summed E-state index contributed by atoms with van der Waals surface area (Å²) < 4.78 is 26.6. The maximum Gasteiger partial charge on any atom is 0.276 e. The number of hydrogen-bond acceptors (Lipinski definition) is 2. The molecule has 0 radical (unpaired) electrons. The van der Waals surface area contributed by atoms with E-state index in [1.807, 2.05) is 31.2 Å². The van der Waals surface area contributed by atoms with Crippen molar-refractivity contribution in [2.24, 2.45) is 0 Å². The van der Waals surface area contributed by atoms with Gasteiger partial charge in [0.2, 0.25) is 0 Å². The summed E-state index contributed by atoms with van der Waals surface area (Å²) in [5, 5.41) is 0. The summed E-state index contributed by atoms with van der Waals surface area (Å²) in [6.07, 6.45) is 0. The van der Waals surface area contributed by atoms with E-state index in [0.717, 1.165) is 11.1 Å². The zero-order chi connectivity index (χ0) is 10.6. The Morgan fingerprint density at radius 3 is 2.29 bits per heavy atom. The van der Waals surface area contributed by atoms with Crippen LogP contribution in [0.1, 0.15) is 11.1 Å². The lowest BCUT2D eigenvalue weighted by atomic mass is 10.2. The van der Waals surface area contributed by atoms with Crippen LogP contribution in [0.5, 0.6) is 0 Å². The Morgan fingerprint density at radius 2 is 1.79 bits per heavy atom. The lowest BCUT2D eigenvalue weighted by Crippen LogP contribution is -2.33. The molecular weight excluding hydrogens is 200 g/mol. The van der Waals surface area contributed by atoms with Crippen LogP contribution in [0.4, 0.5) is 0 Å². The molecule has 4 nitrogen and oxygen atoms in total. The molecule has 0 saturated heterocycles. The normalized spacial score (nSPS) is 11.6. The third-order valence-electron chi connectivity index (χ3n) is 1.86. The fourth-order valence-corrected chi connectivity index (χ4v) is 1.46. The van der Waals surface area contributed by atoms with Crippen LogP contribution in [0.3, 0.4) is 0 Å². The third-order valence-corrected chi connectivity index (χ3v) is 2.92. The van der Waals surface area contributed by atoms with E-state index in [1.165, 1.54) is 7.05 Å². The van der Waals surface area contributed by atoms with Gasteiger partial charge in [0.1, 0.15) is 0 Å². The topological polar surface area (TPSA) is 58.2 Å². The molecule has 0 amide bonds. The van der Waals surface area contributed by atoms with Crippen molar-refractivity contribution in [2.75, 3.05) is 7.05 Å². The maximum absolute atomic E-state index is 11.0. The maximum atomic E-state index is 11.0. The molecule has 0 aliphatic rings. The molecule has 1 rings (SSSR count). The van der Waals surface area contributed by atoms with Gasteiger partial charge in [0, 0.05) is 13.6 Å². The van der Waals surface area contributed by atoms with Crippen molar-refractivity contribution in [3.8, 4) is 0 Å². The van der Waals surface area contributed by atoms with Crippen molar-refractivity contribution in [2.45, 2.75) is 13.5 Å². The Balaban J connectivity index is 2.59. The lowest BCUT2D eigenvalue weighted by molar-refractivity contribution is 0.573. The number of nitrogens with one attached hydrogen (secondary N) is 2.